The SMILES string of the molecule is CCN1CCN(c2cccc3c2C(=O)N(C(CCCN(C)Cc2ccccc2)c2ccc(OC)c(OC)c2)C3=O)CC1. The number of carbonyl (C=O) groups excluding carboxylic acids is 2. The van der Waals surface area contributed by atoms with Crippen molar-refractivity contribution < 1.29 is 19.1 Å². The first-order chi connectivity index (χ1) is 20.4. The van der Waals surface area contributed by atoms with Gasteiger partial charge in [-0.3, -0.25) is 14.5 Å². The van der Waals surface area contributed by atoms with Gasteiger partial charge < -0.3 is 24.2 Å². The maximum absolute atomic E-state index is 14.2. The molecule has 0 radical (unpaired) electrons. The number of carbonyl (C=O) groups is 2. The molecule has 1 saturated heterocycles. The van der Waals surface area contributed by atoms with Crippen LogP contribution in [0.3, 0.4) is 0 Å². The van der Waals surface area contributed by atoms with Gasteiger partial charge in [0.15, 0.2) is 11.5 Å². The van der Waals surface area contributed by atoms with E-state index in [0.717, 1.165) is 63.5 Å². The standard InChI is InChI=1S/C34H42N4O4/c1-5-36-19-21-37(22-20-36)29-14-9-13-27-32(29)34(40)38(33(27)39)28(26-16-17-30(41-3)31(23-26)42-4)15-10-18-35(2)24-25-11-7-6-8-12-25/h6-9,11-14,16-17,23,28H,5,10,15,18-22,24H2,1-4H3. The Labute approximate surface area is 249 Å². The van der Waals surface area contributed by atoms with E-state index in [2.05, 4.69) is 52.9 Å². The van der Waals surface area contributed by atoms with Crippen LogP contribution in [0.4, 0.5) is 5.69 Å². The minimum Gasteiger partial charge on any atom is -0.493 e. The molecule has 222 valence electrons. The van der Waals surface area contributed by atoms with E-state index in [9.17, 15) is 9.59 Å². The second kappa shape index (κ2) is 13.4. The van der Waals surface area contributed by atoms with Gasteiger partial charge >= 0.3 is 0 Å². The topological polar surface area (TPSA) is 65.6 Å². The molecule has 2 aliphatic rings. The van der Waals surface area contributed by atoms with Crippen molar-refractivity contribution in [2.75, 3.05) is 65.4 Å². The minimum absolute atomic E-state index is 0.221. The van der Waals surface area contributed by atoms with Crippen molar-refractivity contribution in [3.63, 3.8) is 0 Å². The Morgan fingerprint density at radius 2 is 1.60 bits per heavy atom. The van der Waals surface area contributed by atoms with Crippen molar-refractivity contribution in [1.82, 2.24) is 14.7 Å². The molecule has 3 aromatic carbocycles. The summed E-state index contributed by atoms with van der Waals surface area (Å²) in [5.41, 5.74) is 3.98. The third-order valence-electron chi connectivity index (χ3n) is 8.50. The average molecular weight is 571 g/mol. The van der Waals surface area contributed by atoms with Crippen LogP contribution in [0.2, 0.25) is 0 Å². The van der Waals surface area contributed by atoms with Gasteiger partial charge in [0, 0.05) is 32.7 Å². The normalized spacial score (nSPS) is 16.2. The first kappa shape index (κ1) is 29.6. The molecule has 8 nitrogen and oxygen atoms in total. The van der Waals surface area contributed by atoms with E-state index in [-0.39, 0.29) is 11.8 Å². The zero-order chi connectivity index (χ0) is 29.6. The van der Waals surface area contributed by atoms with Gasteiger partial charge in [-0.2, -0.15) is 0 Å². The summed E-state index contributed by atoms with van der Waals surface area (Å²) in [5, 5.41) is 0. The molecule has 0 N–H and O–H groups in total. The van der Waals surface area contributed by atoms with E-state index in [1.807, 2.05) is 36.4 Å². The van der Waals surface area contributed by atoms with E-state index in [4.69, 9.17) is 9.47 Å². The molecule has 2 aliphatic heterocycles. The summed E-state index contributed by atoms with van der Waals surface area (Å²) >= 11 is 0. The molecule has 2 amide bonds. The fraction of sp³-hybridized carbons (Fsp3) is 0.412. The van der Waals surface area contributed by atoms with Crippen LogP contribution in [0, 0.1) is 0 Å². The van der Waals surface area contributed by atoms with E-state index < -0.39 is 6.04 Å². The summed E-state index contributed by atoms with van der Waals surface area (Å²) in [6.45, 7) is 8.40. The Bertz CT molecular complexity index is 1390. The number of fused-ring (bicyclic) bond motifs is 1. The summed E-state index contributed by atoms with van der Waals surface area (Å²) < 4.78 is 11.1. The zero-order valence-electron chi connectivity index (χ0n) is 25.2. The highest BCUT2D eigenvalue weighted by Gasteiger charge is 2.43. The molecule has 0 spiro atoms. The number of nitrogens with zero attached hydrogens (tertiary/aromatic N) is 4. The van der Waals surface area contributed by atoms with Gasteiger partial charge in [0.2, 0.25) is 0 Å². The lowest BCUT2D eigenvalue weighted by atomic mass is 9.99. The maximum atomic E-state index is 14.2. The Morgan fingerprint density at radius 1 is 0.857 bits per heavy atom. The Balaban J connectivity index is 1.41. The largest absolute Gasteiger partial charge is 0.493 e. The molecule has 0 aromatic heterocycles. The highest BCUT2D eigenvalue weighted by Crippen LogP contribution is 2.40. The summed E-state index contributed by atoms with van der Waals surface area (Å²) in [6.07, 6.45) is 1.44. The van der Waals surface area contributed by atoms with Gasteiger partial charge in [-0.25, -0.2) is 0 Å². The van der Waals surface area contributed by atoms with Crippen LogP contribution in [0.5, 0.6) is 11.5 Å². The monoisotopic (exact) mass is 570 g/mol. The first-order valence-corrected chi connectivity index (χ1v) is 14.9. The molecule has 8 heteroatoms. The van der Waals surface area contributed by atoms with Crippen LogP contribution in [0.25, 0.3) is 0 Å². The van der Waals surface area contributed by atoms with Crippen LogP contribution in [0.15, 0.2) is 66.7 Å². The second-order valence-corrected chi connectivity index (χ2v) is 11.1. The fourth-order valence-corrected chi connectivity index (χ4v) is 6.17. The Kier molecular flexibility index (Phi) is 9.45. The summed E-state index contributed by atoms with van der Waals surface area (Å²) in [6, 6.07) is 21.3. The number of imide groups is 1. The summed E-state index contributed by atoms with van der Waals surface area (Å²) in [5.74, 6) is 0.730. The first-order valence-electron chi connectivity index (χ1n) is 14.9. The quantitative estimate of drug-likeness (QED) is 0.281. The van der Waals surface area contributed by atoms with Crippen molar-refractivity contribution in [2.24, 2.45) is 0 Å². The highest BCUT2D eigenvalue weighted by molar-refractivity contribution is 6.24. The Morgan fingerprint density at radius 3 is 2.29 bits per heavy atom. The van der Waals surface area contributed by atoms with Gasteiger partial charge in [0.1, 0.15) is 0 Å². The van der Waals surface area contributed by atoms with E-state index in [0.29, 0.717) is 29.0 Å². The molecule has 3 aromatic rings. The number of likely N-dealkylation sites (N-methyl/N-ethyl adjacent to an activating group) is 1. The number of benzene rings is 3. The number of amides is 2. The number of piperazine rings is 1. The zero-order valence-corrected chi connectivity index (χ0v) is 25.2. The van der Waals surface area contributed by atoms with Gasteiger partial charge in [-0.05, 0) is 68.4 Å². The molecule has 2 heterocycles. The van der Waals surface area contributed by atoms with Gasteiger partial charge in [-0.15, -0.1) is 0 Å². The van der Waals surface area contributed by atoms with Crippen LogP contribution in [-0.4, -0.2) is 87.0 Å². The van der Waals surface area contributed by atoms with Gasteiger partial charge in [-0.1, -0.05) is 49.4 Å². The molecule has 1 fully saturated rings. The predicted molar refractivity (Wildman–Crippen MR) is 166 cm³/mol. The molecular formula is C34H42N4O4. The lowest BCUT2D eigenvalue weighted by molar-refractivity contribution is 0.0570. The third kappa shape index (κ3) is 6.15. The van der Waals surface area contributed by atoms with E-state index in [1.54, 1.807) is 20.3 Å². The molecule has 1 unspecified atom stereocenters. The molecule has 42 heavy (non-hydrogen) atoms. The number of anilines is 1. The highest BCUT2D eigenvalue weighted by atomic mass is 16.5. The van der Waals surface area contributed by atoms with Crippen LogP contribution in [-0.2, 0) is 6.54 Å². The van der Waals surface area contributed by atoms with Crippen molar-refractivity contribution in [2.45, 2.75) is 32.4 Å². The smallest absolute Gasteiger partial charge is 0.264 e. The third-order valence-corrected chi connectivity index (χ3v) is 8.50. The van der Waals surface area contributed by atoms with E-state index >= 15 is 0 Å². The summed E-state index contributed by atoms with van der Waals surface area (Å²) in [4.78, 5) is 36.6. The van der Waals surface area contributed by atoms with Gasteiger partial charge in [0.25, 0.3) is 11.8 Å². The molecule has 0 aliphatic carbocycles. The summed E-state index contributed by atoms with van der Waals surface area (Å²) in [7, 11) is 5.30. The fourth-order valence-electron chi connectivity index (χ4n) is 6.17. The number of methoxy groups -OCH3 is 2. The lowest BCUT2D eigenvalue weighted by Crippen LogP contribution is -2.46. The van der Waals surface area contributed by atoms with Crippen molar-refractivity contribution >= 4 is 17.5 Å². The van der Waals surface area contributed by atoms with Gasteiger partial charge in [0.05, 0.1) is 37.1 Å². The minimum atomic E-state index is -0.438. The van der Waals surface area contributed by atoms with Crippen LogP contribution >= 0.6 is 0 Å². The number of hydrogen-bond acceptors (Lipinski definition) is 7. The number of rotatable bonds is 12. The average Bonchev–Trinajstić information content (AvgIpc) is 3.28. The van der Waals surface area contributed by atoms with Crippen LogP contribution in [0.1, 0.15) is 57.7 Å². The maximum Gasteiger partial charge on any atom is 0.264 e. The number of hydrogen-bond donors (Lipinski definition) is 0. The molecule has 0 bridgehead atoms. The van der Waals surface area contributed by atoms with E-state index in [1.165, 1.54) is 10.5 Å². The molecular weight excluding hydrogens is 528 g/mol. The second-order valence-electron chi connectivity index (χ2n) is 11.1. The molecule has 1 atom stereocenters. The molecule has 0 saturated carbocycles. The lowest BCUT2D eigenvalue weighted by Gasteiger charge is -2.36. The predicted octanol–water partition coefficient (Wildman–Crippen LogP) is 5.10. The van der Waals surface area contributed by atoms with Crippen molar-refractivity contribution in [1.29, 1.82) is 0 Å². The number of ether oxygens (including phenoxy) is 2. The Hall–Kier alpha value is -3.88. The van der Waals surface area contributed by atoms with Crippen molar-refractivity contribution in [3.05, 3.63) is 89.0 Å². The van der Waals surface area contributed by atoms with Crippen LogP contribution < -0.4 is 14.4 Å². The molecule has 5 rings (SSSR count). The van der Waals surface area contributed by atoms with Crippen molar-refractivity contribution in [3.8, 4) is 11.5 Å².